The zero-order valence-corrected chi connectivity index (χ0v) is 11.3. The van der Waals surface area contributed by atoms with Gasteiger partial charge in [-0.05, 0) is 29.5 Å². The summed E-state index contributed by atoms with van der Waals surface area (Å²) < 4.78 is 11.1. The zero-order chi connectivity index (χ0) is 11.5. The highest BCUT2D eigenvalue weighted by molar-refractivity contribution is 9.09. The molecule has 2 unspecified atom stereocenters. The summed E-state index contributed by atoms with van der Waals surface area (Å²) in [5.41, 5.74) is 1.32. The van der Waals surface area contributed by atoms with E-state index < -0.39 is 0 Å². The molecule has 0 radical (unpaired) electrons. The monoisotopic (exact) mass is 284 g/mol. The first-order chi connectivity index (χ1) is 7.72. The number of rotatable bonds is 3. The lowest BCUT2D eigenvalue weighted by Gasteiger charge is -2.22. The van der Waals surface area contributed by atoms with Crippen molar-refractivity contribution in [1.29, 1.82) is 0 Å². The Kier molecular flexibility index (Phi) is 3.74. The summed E-state index contributed by atoms with van der Waals surface area (Å²) in [5, 5.41) is 1.02. The summed E-state index contributed by atoms with van der Waals surface area (Å²) >= 11 is 3.53. The lowest BCUT2D eigenvalue weighted by molar-refractivity contribution is 0.171. The normalized spacial score (nSPS) is 17.9. The van der Waals surface area contributed by atoms with Crippen LogP contribution < -0.4 is 9.47 Å². The quantitative estimate of drug-likeness (QED) is 0.790. The molecule has 16 heavy (non-hydrogen) atoms. The molecular formula is C13H17BrO2. The highest BCUT2D eigenvalue weighted by Crippen LogP contribution is 2.35. The molecule has 88 valence electrons. The first kappa shape index (κ1) is 11.8. The Morgan fingerprint density at radius 2 is 1.88 bits per heavy atom. The molecular weight excluding hydrogens is 268 g/mol. The third-order valence-corrected chi connectivity index (χ3v) is 4.21. The van der Waals surface area contributed by atoms with Gasteiger partial charge in [-0.3, -0.25) is 0 Å². The van der Waals surface area contributed by atoms with Crippen LogP contribution in [0.3, 0.4) is 0 Å². The Morgan fingerprint density at radius 1 is 1.19 bits per heavy atom. The summed E-state index contributed by atoms with van der Waals surface area (Å²) in [6.07, 6.45) is 0. The minimum atomic E-state index is 0.523. The lowest BCUT2D eigenvalue weighted by atomic mass is 9.90. The van der Waals surface area contributed by atoms with Crippen molar-refractivity contribution in [3.8, 4) is 11.5 Å². The van der Waals surface area contributed by atoms with Crippen molar-refractivity contribution < 1.29 is 9.47 Å². The average molecular weight is 285 g/mol. The van der Waals surface area contributed by atoms with E-state index in [-0.39, 0.29) is 0 Å². The van der Waals surface area contributed by atoms with Crippen LogP contribution in [0, 0.1) is 5.92 Å². The number of fused-ring (bicyclic) bond motifs is 1. The fourth-order valence-electron chi connectivity index (χ4n) is 1.81. The predicted octanol–water partition coefficient (Wildman–Crippen LogP) is 3.59. The third-order valence-electron chi connectivity index (χ3n) is 3.19. The number of benzene rings is 1. The van der Waals surface area contributed by atoms with Crippen molar-refractivity contribution in [2.24, 2.45) is 5.92 Å². The topological polar surface area (TPSA) is 18.5 Å². The summed E-state index contributed by atoms with van der Waals surface area (Å²) in [7, 11) is 0. The fraction of sp³-hybridized carbons (Fsp3) is 0.538. The molecule has 1 heterocycles. The minimum Gasteiger partial charge on any atom is -0.486 e. The molecule has 0 amide bonds. The van der Waals surface area contributed by atoms with Crippen molar-refractivity contribution in [1.82, 2.24) is 0 Å². The summed E-state index contributed by atoms with van der Waals surface area (Å²) in [6.45, 7) is 5.80. The van der Waals surface area contributed by atoms with E-state index in [1.165, 1.54) is 5.56 Å². The van der Waals surface area contributed by atoms with Crippen LogP contribution in [0.4, 0.5) is 0 Å². The number of hydrogen-bond donors (Lipinski definition) is 0. The van der Waals surface area contributed by atoms with Crippen LogP contribution >= 0.6 is 15.9 Å². The van der Waals surface area contributed by atoms with Crippen LogP contribution in [-0.2, 0) is 0 Å². The molecule has 2 atom stereocenters. The number of ether oxygens (including phenoxy) is 2. The van der Waals surface area contributed by atoms with Crippen molar-refractivity contribution in [2.75, 3.05) is 18.5 Å². The van der Waals surface area contributed by atoms with Crippen LogP contribution in [0.25, 0.3) is 0 Å². The van der Waals surface area contributed by atoms with Crippen molar-refractivity contribution in [3.63, 3.8) is 0 Å². The maximum absolute atomic E-state index is 5.59. The van der Waals surface area contributed by atoms with Crippen LogP contribution in [0.1, 0.15) is 25.3 Å². The number of alkyl halides is 1. The molecule has 0 spiro atoms. The second-order valence-corrected chi connectivity index (χ2v) is 4.97. The van der Waals surface area contributed by atoms with E-state index in [1.54, 1.807) is 0 Å². The van der Waals surface area contributed by atoms with E-state index in [4.69, 9.17) is 9.47 Å². The molecule has 0 saturated carbocycles. The van der Waals surface area contributed by atoms with Gasteiger partial charge in [0.25, 0.3) is 0 Å². The zero-order valence-electron chi connectivity index (χ0n) is 9.70. The van der Waals surface area contributed by atoms with Crippen LogP contribution in [0.5, 0.6) is 11.5 Å². The molecule has 0 fully saturated rings. The van der Waals surface area contributed by atoms with E-state index in [1.807, 2.05) is 6.07 Å². The first-order valence-corrected chi connectivity index (χ1v) is 6.80. The average Bonchev–Trinajstić information content (AvgIpc) is 2.36. The molecule has 0 N–H and O–H groups in total. The van der Waals surface area contributed by atoms with E-state index >= 15 is 0 Å². The second-order valence-electron chi connectivity index (χ2n) is 4.32. The summed E-state index contributed by atoms with van der Waals surface area (Å²) in [6, 6.07) is 6.26. The van der Waals surface area contributed by atoms with E-state index in [0.717, 1.165) is 16.8 Å². The van der Waals surface area contributed by atoms with Gasteiger partial charge in [0.1, 0.15) is 13.2 Å². The van der Waals surface area contributed by atoms with Gasteiger partial charge in [0.15, 0.2) is 11.5 Å². The standard InChI is InChI=1S/C13H17BrO2/c1-9(8-14)10(2)11-3-4-12-13(7-11)16-6-5-15-12/h3-4,7,9-10H,5-6,8H2,1-2H3. The predicted molar refractivity (Wildman–Crippen MR) is 68.8 cm³/mol. The first-order valence-electron chi connectivity index (χ1n) is 5.68. The van der Waals surface area contributed by atoms with Gasteiger partial charge < -0.3 is 9.47 Å². The Balaban J connectivity index is 2.22. The number of halogens is 1. The fourth-order valence-corrected chi connectivity index (χ4v) is 2.37. The minimum absolute atomic E-state index is 0.523. The molecule has 1 aliphatic heterocycles. The van der Waals surface area contributed by atoms with Gasteiger partial charge in [-0.2, -0.15) is 0 Å². The Bertz CT molecular complexity index is 365. The van der Waals surface area contributed by atoms with Crippen LogP contribution in [0.15, 0.2) is 18.2 Å². The Morgan fingerprint density at radius 3 is 2.56 bits per heavy atom. The molecule has 2 nitrogen and oxygen atoms in total. The second kappa shape index (κ2) is 5.09. The van der Waals surface area contributed by atoms with Gasteiger partial charge in [0.2, 0.25) is 0 Å². The molecule has 0 aliphatic carbocycles. The van der Waals surface area contributed by atoms with Gasteiger partial charge in [-0.25, -0.2) is 0 Å². The van der Waals surface area contributed by atoms with Gasteiger partial charge in [-0.1, -0.05) is 35.8 Å². The van der Waals surface area contributed by atoms with E-state index in [0.29, 0.717) is 25.0 Å². The molecule has 0 bridgehead atoms. The van der Waals surface area contributed by atoms with Crippen molar-refractivity contribution in [3.05, 3.63) is 23.8 Å². The van der Waals surface area contributed by atoms with Gasteiger partial charge in [-0.15, -0.1) is 0 Å². The number of hydrogen-bond acceptors (Lipinski definition) is 2. The molecule has 0 saturated heterocycles. The molecule has 0 aromatic heterocycles. The molecule has 3 heteroatoms. The molecule has 2 rings (SSSR count). The van der Waals surface area contributed by atoms with Crippen LogP contribution in [0.2, 0.25) is 0 Å². The Labute approximate surface area is 105 Å². The highest BCUT2D eigenvalue weighted by atomic mass is 79.9. The van der Waals surface area contributed by atoms with Gasteiger partial charge in [0.05, 0.1) is 0 Å². The summed E-state index contributed by atoms with van der Waals surface area (Å²) in [4.78, 5) is 0. The van der Waals surface area contributed by atoms with Crippen LogP contribution in [-0.4, -0.2) is 18.5 Å². The highest BCUT2D eigenvalue weighted by Gasteiger charge is 2.17. The molecule has 1 aromatic carbocycles. The van der Waals surface area contributed by atoms with Gasteiger partial charge >= 0.3 is 0 Å². The largest absolute Gasteiger partial charge is 0.486 e. The SMILES string of the molecule is CC(CBr)C(C)c1ccc2c(c1)OCCO2. The van der Waals surface area contributed by atoms with E-state index in [2.05, 4.69) is 41.9 Å². The third kappa shape index (κ3) is 2.34. The summed E-state index contributed by atoms with van der Waals surface area (Å²) in [5.74, 6) is 2.89. The van der Waals surface area contributed by atoms with Crippen molar-refractivity contribution >= 4 is 15.9 Å². The lowest BCUT2D eigenvalue weighted by Crippen LogP contribution is -2.16. The maximum Gasteiger partial charge on any atom is 0.161 e. The van der Waals surface area contributed by atoms with Crippen molar-refractivity contribution in [2.45, 2.75) is 19.8 Å². The van der Waals surface area contributed by atoms with Gasteiger partial charge in [0, 0.05) is 5.33 Å². The maximum atomic E-state index is 5.59. The Hall–Kier alpha value is -0.700. The smallest absolute Gasteiger partial charge is 0.161 e. The molecule has 1 aliphatic rings. The van der Waals surface area contributed by atoms with E-state index in [9.17, 15) is 0 Å². The molecule has 1 aromatic rings.